The lowest BCUT2D eigenvalue weighted by Crippen LogP contribution is -2.27. The molecule has 0 saturated carbocycles. The second-order valence-corrected chi connectivity index (χ2v) is 6.20. The Morgan fingerprint density at radius 1 is 1.08 bits per heavy atom. The molecule has 1 amide bonds. The SMILES string of the molecule is CN(Cc1ccc(Cl)c(Cl)c1)C(=O)c1cc(=O)c2ccccc2o1. The second kappa shape index (κ2) is 6.67. The van der Waals surface area contributed by atoms with Crippen LogP contribution in [0.5, 0.6) is 0 Å². The molecule has 122 valence electrons. The number of fused-ring (bicyclic) bond motifs is 1. The number of rotatable bonds is 3. The van der Waals surface area contributed by atoms with Gasteiger partial charge in [0.15, 0.2) is 11.2 Å². The van der Waals surface area contributed by atoms with E-state index in [0.717, 1.165) is 5.56 Å². The average molecular weight is 362 g/mol. The van der Waals surface area contributed by atoms with E-state index in [0.29, 0.717) is 27.6 Å². The summed E-state index contributed by atoms with van der Waals surface area (Å²) in [7, 11) is 1.63. The quantitative estimate of drug-likeness (QED) is 0.695. The average Bonchev–Trinajstić information content (AvgIpc) is 2.57. The predicted octanol–water partition coefficient (Wildman–Crippen LogP) is 4.37. The Labute approximate surface area is 148 Å². The largest absolute Gasteiger partial charge is 0.451 e. The summed E-state index contributed by atoms with van der Waals surface area (Å²) < 4.78 is 5.57. The molecule has 3 aromatic rings. The molecule has 0 radical (unpaired) electrons. The molecular formula is C18H13Cl2NO3. The van der Waals surface area contributed by atoms with E-state index < -0.39 is 0 Å². The smallest absolute Gasteiger partial charge is 0.289 e. The van der Waals surface area contributed by atoms with Crippen molar-refractivity contribution in [2.75, 3.05) is 7.05 Å². The highest BCUT2D eigenvalue weighted by Gasteiger charge is 2.17. The first-order valence-corrected chi connectivity index (χ1v) is 7.93. The minimum absolute atomic E-state index is 0.00117. The molecule has 0 saturated heterocycles. The van der Waals surface area contributed by atoms with Crippen molar-refractivity contribution < 1.29 is 9.21 Å². The van der Waals surface area contributed by atoms with E-state index in [9.17, 15) is 9.59 Å². The molecule has 4 nitrogen and oxygen atoms in total. The van der Waals surface area contributed by atoms with Gasteiger partial charge in [-0.2, -0.15) is 0 Å². The van der Waals surface area contributed by atoms with E-state index in [2.05, 4.69) is 0 Å². The van der Waals surface area contributed by atoms with Crippen molar-refractivity contribution in [2.45, 2.75) is 6.54 Å². The van der Waals surface area contributed by atoms with Gasteiger partial charge < -0.3 is 9.32 Å². The van der Waals surface area contributed by atoms with Gasteiger partial charge in [0.25, 0.3) is 5.91 Å². The topological polar surface area (TPSA) is 50.5 Å². The zero-order chi connectivity index (χ0) is 17.3. The zero-order valence-corrected chi connectivity index (χ0v) is 14.3. The number of benzene rings is 2. The van der Waals surface area contributed by atoms with Crippen LogP contribution in [-0.2, 0) is 6.54 Å². The number of carbonyl (C=O) groups is 1. The summed E-state index contributed by atoms with van der Waals surface area (Å²) in [4.78, 5) is 26.1. The second-order valence-electron chi connectivity index (χ2n) is 5.38. The number of para-hydroxylation sites is 1. The van der Waals surface area contributed by atoms with Crippen LogP contribution >= 0.6 is 23.2 Å². The van der Waals surface area contributed by atoms with Crippen LogP contribution in [0.3, 0.4) is 0 Å². The van der Waals surface area contributed by atoms with Crippen molar-refractivity contribution >= 4 is 40.1 Å². The van der Waals surface area contributed by atoms with Gasteiger partial charge in [0.1, 0.15) is 5.58 Å². The van der Waals surface area contributed by atoms with E-state index in [1.807, 2.05) is 0 Å². The van der Waals surface area contributed by atoms with Crippen molar-refractivity contribution in [3.63, 3.8) is 0 Å². The van der Waals surface area contributed by atoms with Crippen molar-refractivity contribution in [3.05, 3.63) is 80.1 Å². The molecule has 0 aliphatic heterocycles. The fourth-order valence-electron chi connectivity index (χ4n) is 2.38. The summed E-state index contributed by atoms with van der Waals surface area (Å²) in [6, 6.07) is 13.2. The van der Waals surface area contributed by atoms with Crippen LogP contribution in [0, 0.1) is 0 Å². The van der Waals surface area contributed by atoms with Crippen LogP contribution in [0.2, 0.25) is 10.0 Å². The lowest BCUT2D eigenvalue weighted by Gasteiger charge is -2.17. The summed E-state index contributed by atoms with van der Waals surface area (Å²) >= 11 is 11.9. The number of nitrogens with zero attached hydrogens (tertiary/aromatic N) is 1. The molecule has 0 N–H and O–H groups in total. The maximum Gasteiger partial charge on any atom is 0.289 e. The van der Waals surface area contributed by atoms with Crippen LogP contribution in [0.15, 0.2) is 57.7 Å². The molecule has 0 unspecified atom stereocenters. The third-order valence-electron chi connectivity index (χ3n) is 3.60. The minimum atomic E-state index is -0.385. The van der Waals surface area contributed by atoms with Gasteiger partial charge in [-0.25, -0.2) is 0 Å². The Bertz CT molecular complexity index is 981. The van der Waals surface area contributed by atoms with Crippen LogP contribution in [0.25, 0.3) is 11.0 Å². The fraction of sp³-hybridized carbons (Fsp3) is 0.111. The summed E-state index contributed by atoms with van der Waals surface area (Å²) in [5.41, 5.74) is 0.961. The highest BCUT2D eigenvalue weighted by molar-refractivity contribution is 6.42. The highest BCUT2D eigenvalue weighted by atomic mass is 35.5. The van der Waals surface area contributed by atoms with Gasteiger partial charge in [-0.1, -0.05) is 41.4 Å². The van der Waals surface area contributed by atoms with E-state index in [-0.39, 0.29) is 17.1 Å². The Hall–Kier alpha value is -2.30. The summed E-state index contributed by atoms with van der Waals surface area (Å²) in [5.74, 6) is -0.384. The van der Waals surface area contributed by atoms with Gasteiger partial charge in [0.05, 0.1) is 15.4 Å². The van der Waals surface area contributed by atoms with Gasteiger partial charge in [-0.15, -0.1) is 0 Å². The van der Waals surface area contributed by atoms with Crippen LogP contribution in [0.4, 0.5) is 0 Å². The van der Waals surface area contributed by atoms with E-state index >= 15 is 0 Å². The standard InChI is InChI=1S/C18H13Cl2NO3/c1-21(10-11-6-7-13(19)14(20)8-11)18(23)17-9-15(22)12-4-2-3-5-16(12)24-17/h2-9H,10H2,1H3. The van der Waals surface area contributed by atoms with Crippen molar-refractivity contribution in [1.82, 2.24) is 4.90 Å². The Morgan fingerprint density at radius 2 is 1.83 bits per heavy atom. The normalized spacial score (nSPS) is 10.8. The Balaban J connectivity index is 1.88. The molecule has 0 aliphatic carbocycles. The minimum Gasteiger partial charge on any atom is -0.451 e. The zero-order valence-electron chi connectivity index (χ0n) is 12.8. The molecule has 3 rings (SSSR count). The molecule has 0 bridgehead atoms. The molecule has 1 aromatic heterocycles. The first-order valence-electron chi connectivity index (χ1n) is 7.18. The van der Waals surface area contributed by atoms with Crippen LogP contribution in [0.1, 0.15) is 16.1 Å². The molecular weight excluding hydrogens is 349 g/mol. The van der Waals surface area contributed by atoms with Gasteiger partial charge in [-0.05, 0) is 29.8 Å². The molecule has 24 heavy (non-hydrogen) atoms. The molecule has 2 aromatic carbocycles. The number of halogens is 2. The monoisotopic (exact) mass is 361 g/mol. The lowest BCUT2D eigenvalue weighted by atomic mass is 10.2. The number of carbonyl (C=O) groups excluding carboxylic acids is 1. The molecule has 0 aliphatic rings. The third kappa shape index (κ3) is 3.30. The molecule has 0 fully saturated rings. The lowest BCUT2D eigenvalue weighted by molar-refractivity contribution is 0.0754. The van der Waals surface area contributed by atoms with Crippen LogP contribution < -0.4 is 5.43 Å². The fourth-order valence-corrected chi connectivity index (χ4v) is 2.70. The number of amides is 1. The summed E-state index contributed by atoms with van der Waals surface area (Å²) in [5, 5.41) is 1.32. The van der Waals surface area contributed by atoms with Gasteiger partial charge >= 0.3 is 0 Å². The maximum atomic E-state index is 12.5. The van der Waals surface area contributed by atoms with E-state index in [1.165, 1.54) is 11.0 Å². The maximum absolute atomic E-state index is 12.5. The Kier molecular flexibility index (Phi) is 4.60. The summed E-state index contributed by atoms with van der Waals surface area (Å²) in [6.07, 6.45) is 0. The first kappa shape index (κ1) is 16.6. The molecule has 1 heterocycles. The van der Waals surface area contributed by atoms with E-state index in [4.69, 9.17) is 27.6 Å². The molecule has 0 atom stereocenters. The van der Waals surface area contributed by atoms with Gasteiger partial charge in [0, 0.05) is 19.7 Å². The number of hydrogen-bond acceptors (Lipinski definition) is 3. The van der Waals surface area contributed by atoms with Gasteiger partial charge in [0.2, 0.25) is 0 Å². The first-order chi connectivity index (χ1) is 11.5. The Morgan fingerprint density at radius 3 is 2.58 bits per heavy atom. The van der Waals surface area contributed by atoms with Crippen molar-refractivity contribution in [3.8, 4) is 0 Å². The number of hydrogen-bond donors (Lipinski definition) is 0. The molecule has 6 heteroatoms. The highest BCUT2D eigenvalue weighted by Crippen LogP contribution is 2.23. The van der Waals surface area contributed by atoms with Crippen molar-refractivity contribution in [1.29, 1.82) is 0 Å². The predicted molar refractivity (Wildman–Crippen MR) is 94.7 cm³/mol. The van der Waals surface area contributed by atoms with E-state index in [1.54, 1.807) is 49.5 Å². The van der Waals surface area contributed by atoms with Crippen molar-refractivity contribution in [2.24, 2.45) is 0 Å². The van der Waals surface area contributed by atoms with Crippen LogP contribution in [-0.4, -0.2) is 17.9 Å². The summed E-state index contributed by atoms with van der Waals surface area (Å²) in [6.45, 7) is 0.312. The molecule has 0 spiro atoms. The van der Waals surface area contributed by atoms with Gasteiger partial charge in [-0.3, -0.25) is 9.59 Å². The third-order valence-corrected chi connectivity index (χ3v) is 4.33.